The van der Waals surface area contributed by atoms with Crippen LogP contribution in [0, 0.1) is 0 Å². The van der Waals surface area contributed by atoms with Crippen LogP contribution < -0.4 is 0 Å². The van der Waals surface area contributed by atoms with Gasteiger partial charge in [-0.3, -0.25) is 4.55 Å². The molecule has 189 valence electrons. The first kappa shape index (κ1) is 30.6. The van der Waals surface area contributed by atoms with Gasteiger partial charge in [0, 0.05) is 39.8 Å². The van der Waals surface area contributed by atoms with Gasteiger partial charge in [-0.15, -0.1) is 0 Å². The number of methoxy groups -OCH3 is 2. The molecule has 2 fully saturated rings. The first-order chi connectivity index (χ1) is 14.9. The maximum absolute atomic E-state index is 11.5. The fourth-order valence-electron chi connectivity index (χ4n) is 3.23. The molecule has 1 radical (unpaired) electrons. The van der Waals surface area contributed by atoms with E-state index < -0.39 is 84.3 Å². The van der Waals surface area contributed by atoms with Crippen molar-refractivity contribution in [2.75, 3.05) is 20.8 Å². The number of nitrogens with zero attached hydrogens (tertiary/aromatic N) is 1. The molecule has 10 unspecified atom stereocenters. The van der Waals surface area contributed by atoms with Crippen LogP contribution in [0.4, 0.5) is 0 Å². The molecule has 0 amide bonds. The van der Waals surface area contributed by atoms with Crippen molar-refractivity contribution in [3.63, 3.8) is 0 Å². The Morgan fingerprint density at radius 2 is 1.70 bits per heavy atom. The van der Waals surface area contributed by atoms with Crippen molar-refractivity contribution in [3.8, 4) is 0 Å². The Balaban J connectivity index is 0.00000544. The standard InChI is InChI=1S/C15H25NO15S.Y/c1-26-4-16-6-7(17)10(5(29-14(6)22)3-28-32(23,24)25)30-15-9(19)8(18)11(27-2)12(31-15)13(20)21;/h4-12,14-15,17-19,22H,3H2,1-2H3,(H,20,21)(H,23,24,25);. The third kappa shape index (κ3) is 7.79. The molecule has 0 bridgehead atoms. The number of ether oxygens (including phenoxy) is 5. The van der Waals surface area contributed by atoms with Crippen LogP contribution in [0.2, 0.25) is 0 Å². The van der Waals surface area contributed by atoms with Gasteiger partial charge in [0.2, 0.25) is 0 Å². The van der Waals surface area contributed by atoms with Crippen LogP contribution in [0.1, 0.15) is 0 Å². The predicted octanol–water partition coefficient (Wildman–Crippen LogP) is -4.14. The van der Waals surface area contributed by atoms with Crippen molar-refractivity contribution in [3.05, 3.63) is 0 Å². The zero-order valence-corrected chi connectivity index (χ0v) is 21.0. The van der Waals surface area contributed by atoms with Crippen LogP contribution >= 0.6 is 0 Å². The first-order valence-corrected chi connectivity index (χ1v) is 10.4. The Labute approximate surface area is 213 Å². The largest absolute Gasteiger partial charge is 0.487 e. The second-order valence-electron chi connectivity index (χ2n) is 6.79. The molecule has 0 aromatic rings. The molecule has 0 aliphatic carbocycles. The van der Waals surface area contributed by atoms with Gasteiger partial charge >= 0.3 is 16.4 Å². The molecule has 2 aliphatic rings. The van der Waals surface area contributed by atoms with E-state index >= 15 is 0 Å². The monoisotopic (exact) mass is 580 g/mol. The summed E-state index contributed by atoms with van der Waals surface area (Å²) < 4.78 is 60.1. The number of carboxylic acid groups (broad SMARTS) is 1. The molecule has 2 aliphatic heterocycles. The normalized spacial score (nSPS) is 39.7. The van der Waals surface area contributed by atoms with E-state index in [-0.39, 0.29) is 32.7 Å². The number of hydrogen-bond acceptors (Lipinski definition) is 14. The second kappa shape index (κ2) is 13.1. The molecule has 0 aromatic carbocycles. The maximum atomic E-state index is 11.5. The van der Waals surface area contributed by atoms with Gasteiger partial charge in [0.15, 0.2) is 25.1 Å². The molecule has 16 nitrogen and oxygen atoms in total. The van der Waals surface area contributed by atoms with E-state index in [1.807, 2.05) is 0 Å². The number of hydrogen-bond donors (Lipinski definition) is 6. The number of carboxylic acids is 1. The van der Waals surface area contributed by atoms with Gasteiger partial charge in [-0.2, -0.15) is 8.42 Å². The molecule has 33 heavy (non-hydrogen) atoms. The fraction of sp³-hybridized carbons (Fsp3) is 0.867. The predicted molar refractivity (Wildman–Crippen MR) is 97.7 cm³/mol. The minimum absolute atomic E-state index is 0. The van der Waals surface area contributed by atoms with E-state index in [2.05, 4.69) is 13.9 Å². The number of aliphatic hydroxyl groups excluding tert-OH is 4. The Hall–Kier alpha value is -0.406. The summed E-state index contributed by atoms with van der Waals surface area (Å²) in [6.45, 7) is -0.966. The van der Waals surface area contributed by atoms with Gasteiger partial charge in [-0.05, 0) is 0 Å². The molecule has 6 N–H and O–H groups in total. The third-order valence-electron chi connectivity index (χ3n) is 4.73. The van der Waals surface area contributed by atoms with Gasteiger partial charge < -0.3 is 49.2 Å². The molecule has 2 heterocycles. The zero-order valence-electron chi connectivity index (χ0n) is 17.3. The Kier molecular flexibility index (Phi) is 12.1. The van der Waals surface area contributed by atoms with E-state index in [0.29, 0.717) is 0 Å². The van der Waals surface area contributed by atoms with Gasteiger partial charge in [0.25, 0.3) is 0 Å². The smallest absolute Gasteiger partial charge is 0.397 e. The van der Waals surface area contributed by atoms with Gasteiger partial charge in [0.05, 0.1) is 13.7 Å². The van der Waals surface area contributed by atoms with Crippen molar-refractivity contribution >= 4 is 22.8 Å². The average Bonchev–Trinajstić information content (AvgIpc) is 2.70. The molecule has 0 aromatic heterocycles. The first-order valence-electron chi connectivity index (χ1n) is 9.01. The van der Waals surface area contributed by atoms with Crippen LogP contribution in [0.3, 0.4) is 0 Å². The number of rotatable bonds is 9. The molecule has 18 heteroatoms. The van der Waals surface area contributed by atoms with Crippen molar-refractivity contribution in [2.45, 2.75) is 61.3 Å². The quantitative estimate of drug-likeness (QED) is 0.0862. The fourth-order valence-corrected chi connectivity index (χ4v) is 3.54. The summed E-state index contributed by atoms with van der Waals surface area (Å²) in [5, 5.41) is 50.5. The van der Waals surface area contributed by atoms with Crippen LogP contribution in [-0.2, 0) is 75.8 Å². The van der Waals surface area contributed by atoms with E-state index in [1.54, 1.807) is 0 Å². The SMILES string of the molecule is COC=NC1C(O)OC(COS(=O)(=O)O)C(OC2OC(C(=O)O)C(OC)C(O)C2O)C1O.[Y]. The number of aliphatic imine (C=N–C) groups is 1. The molecular formula is C15H25NO15SY. The molecule has 10 atom stereocenters. The van der Waals surface area contributed by atoms with E-state index in [9.17, 15) is 38.7 Å². The van der Waals surface area contributed by atoms with Gasteiger partial charge in [-0.25, -0.2) is 14.0 Å². The minimum atomic E-state index is -4.96. The van der Waals surface area contributed by atoms with Crippen molar-refractivity contribution in [1.29, 1.82) is 0 Å². The summed E-state index contributed by atoms with van der Waals surface area (Å²) >= 11 is 0. The number of carbonyl (C=O) groups is 1. The van der Waals surface area contributed by atoms with Crippen LogP contribution in [0.5, 0.6) is 0 Å². The van der Waals surface area contributed by atoms with Crippen molar-refractivity contribution in [1.82, 2.24) is 0 Å². The van der Waals surface area contributed by atoms with Gasteiger partial charge in [-0.1, -0.05) is 0 Å². The van der Waals surface area contributed by atoms with E-state index in [0.717, 1.165) is 13.5 Å². The molecular weight excluding hydrogens is 555 g/mol. The van der Waals surface area contributed by atoms with Crippen LogP contribution in [0.15, 0.2) is 4.99 Å². The zero-order chi connectivity index (χ0) is 24.2. The van der Waals surface area contributed by atoms with Crippen molar-refractivity contribution < 1.29 is 104 Å². The Morgan fingerprint density at radius 1 is 1.06 bits per heavy atom. The third-order valence-corrected chi connectivity index (χ3v) is 5.16. The summed E-state index contributed by atoms with van der Waals surface area (Å²) in [6, 6.07) is -1.44. The van der Waals surface area contributed by atoms with E-state index in [1.165, 1.54) is 7.11 Å². The number of aliphatic carboxylic acids is 1. The Bertz CT molecular complexity index is 768. The maximum Gasteiger partial charge on any atom is 0.397 e. The molecule has 2 rings (SSSR count). The van der Waals surface area contributed by atoms with E-state index in [4.69, 9.17) is 23.5 Å². The van der Waals surface area contributed by atoms with Crippen LogP contribution in [0.25, 0.3) is 0 Å². The number of aliphatic hydroxyl groups is 4. The molecule has 2 saturated heterocycles. The topological polar surface area (TPSA) is 240 Å². The summed E-state index contributed by atoms with van der Waals surface area (Å²) in [5.41, 5.74) is 0. The van der Waals surface area contributed by atoms with Crippen LogP contribution in [-0.4, -0.2) is 133 Å². The molecule has 0 saturated carbocycles. The van der Waals surface area contributed by atoms with Crippen molar-refractivity contribution in [2.24, 2.45) is 4.99 Å². The molecule has 0 spiro atoms. The summed E-state index contributed by atoms with van der Waals surface area (Å²) in [5.74, 6) is -1.55. The Morgan fingerprint density at radius 3 is 2.21 bits per heavy atom. The summed E-state index contributed by atoms with van der Waals surface area (Å²) in [4.78, 5) is 15.2. The van der Waals surface area contributed by atoms with Gasteiger partial charge in [0.1, 0.15) is 42.7 Å². The summed E-state index contributed by atoms with van der Waals surface area (Å²) in [7, 11) is -2.64. The average molecular weight is 580 g/mol. The summed E-state index contributed by atoms with van der Waals surface area (Å²) in [6.07, 6.45) is -14.8. The second-order valence-corrected chi connectivity index (χ2v) is 7.89. The minimum Gasteiger partial charge on any atom is -0.487 e.